The summed E-state index contributed by atoms with van der Waals surface area (Å²) in [5.74, 6) is -0.339. The first-order valence-corrected chi connectivity index (χ1v) is 9.95. The van der Waals surface area contributed by atoms with Crippen molar-refractivity contribution in [1.82, 2.24) is 5.32 Å². The smallest absolute Gasteiger partial charge is 0.307 e. The maximum atomic E-state index is 12.6. The maximum absolute atomic E-state index is 12.6. The first kappa shape index (κ1) is 20.4. The first-order valence-electron chi connectivity index (χ1n) is 8.06. The highest BCUT2D eigenvalue weighted by Gasteiger charge is 2.20. The van der Waals surface area contributed by atoms with Gasteiger partial charge in [-0.15, -0.1) is 0 Å². The maximum Gasteiger partial charge on any atom is 0.307 e. The van der Waals surface area contributed by atoms with E-state index in [0.717, 1.165) is 6.26 Å². The first-order chi connectivity index (χ1) is 12.7. The number of esters is 1. The summed E-state index contributed by atoms with van der Waals surface area (Å²) in [5.41, 5.74) is 0.870. The number of methoxy groups -OCH3 is 2. The molecule has 0 aliphatic rings. The zero-order chi connectivity index (χ0) is 20.0. The monoisotopic (exact) mass is 391 g/mol. The van der Waals surface area contributed by atoms with Gasteiger partial charge in [-0.2, -0.15) is 0 Å². The van der Waals surface area contributed by atoms with Gasteiger partial charge in [-0.3, -0.25) is 9.59 Å². The number of carbonyl (C=O) groups is 2. The van der Waals surface area contributed by atoms with E-state index in [-0.39, 0.29) is 16.9 Å². The average Bonchev–Trinajstić information content (AvgIpc) is 2.66. The molecule has 144 valence electrons. The molecule has 0 radical (unpaired) electrons. The van der Waals surface area contributed by atoms with Crippen LogP contribution in [0.3, 0.4) is 0 Å². The Bertz CT molecular complexity index is 921. The van der Waals surface area contributed by atoms with Gasteiger partial charge in [0, 0.05) is 11.8 Å². The number of sulfone groups is 1. The molecule has 2 rings (SSSR count). The molecule has 0 aromatic heterocycles. The van der Waals surface area contributed by atoms with Crippen LogP contribution in [-0.4, -0.2) is 40.8 Å². The van der Waals surface area contributed by atoms with Gasteiger partial charge in [-0.1, -0.05) is 18.2 Å². The Labute approximate surface area is 158 Å². The van der Waals surface area contributed by atoms with Crippen molar-refractivity contribution in [3.63, 3.8) is 0 Å². The van der Waals surface area contributed by atoms with Gasteiger partial charge in [0.15, 0.2) is 9.84 Å². The highest BCUT2D eigenvalue weighted by molar-refractivity contribution is 7.90. The molecule has 1 atom stereocenters. The molecule has 0 saturated carbocycles. The van der Waals surface area contributed by atoms with Crippen molar-refractivity contribution in [3.8, 4) is 5.75 Å². The number of nitrogens with one attached hydrogen (secondary N) is 1. The van der Waals surface area contributed by atoms with Crippen LogP contribution in [0.25, 0.3) is 0 Å². The summed E-state index contributed by atoms with van der Waals surface area (Å²) >= 11 is 0. The lowest BCUT2D eigenvalue weighted by atomic mass is 10.0. The van der Waals surface area contributed by atoms with Gasteiger partial charge < -0.3 is 14.8 Å². The van der Waals surface area contributed by atoms with E-state index in [2.05, 4.69) is 5.32 Å². The fraction of sp³-hybridized carbons (Fsp3) is 0.263. The van der Waals surface area contributed by atoms with Crippen LogP contribution >= 0.6 is 0 Å². The highest BCUT2D eigenvalue weighted by atomic mass is 32.2. The number of ether oxygens (including phenoxy) is 2. The Hall–Kier alpha value is -2.87. The minimum atomic E-state index is -3.44. The van der Waals surface area contributed by atoms with E-state index in [1.165, 1.54) is 38.5 Å². The summed E-state index contributed by atoms with van der Waals surface area (Å²) in [6.07, 6.45) is 1.00. The highest BCUT2D eigenvalue weighted by Crippen LogP contribution is 2.22. The standard InChI is InChI=1S/C19H21NO6S/c1-25-15-9-7-13(8-10-15)17(12-18(21)26-2)20-19(22)14-5-4-6-16(11-14)27(3,23)24/h4-11,17H,12H2,1-3H3,(H,20,22)/t17-/m1/s1. The third-order valence-electron chi connectivity index (χ3n) is 3.95. The molecule has 8 heteroatoms. The van der Waals surface area contributed by atoms with Gasteiger partial charge in [0.2, 0.25) is 0 Å². The zero-order valence-electron chi connectivity index (χ0n) is 15.3. The molecule has 0 spiro atoms. The second-order valence-electron chi connectivity index (χ2n) is 5.88. The van der Waals surface area contributed by atoms with E-state index in [9.17, 15) is 18.0 Å². The number of amides is 1. The van der Waals surface area contributed by atoms with E-state index in [1.54, 1.807) is 24.3 Å². The summed E-state index contributed by atoms with van der Waals surface area (Å²) in [6, 6.07) is 12.0. The van der Waals surface area contributed by atoms with Crippen molar-refractivity contribution in [3.05, 3.63) is 59.7 Å². The Morgan fingerprint density at radius 2 is 1.74 bits per heavy atom. The number of hydrogen-bond acceptors (Lipinski definition) is 6. The summed E-state index contributed by atoms with van der Waals surface area (Å²) in [7, 11) is -0.630. The van der Waals surface area contributed by atoms with E-state index >= 15 is 0 Å². The molecule has 1 N–H and O–H groups in total. The Morgan fingerprint density at radius 3 is 2.30 bits per heavy atom. The SMILES string of the molecule is COC(=O)C[C@@H](NC(=O)c1cccc(S(C)(=O)=O)c1)c1ccc(OC)cc1. The molecule has 0 unspecified atom stereocenters. The lowest BCUT2D eigenvalue weighted by molar-refractivity contribution is -0.141. The number of hydrogen-bond donors (Lipinski definition) is 1. The topological polar surface area (TPSA) is 98.8 Å². The van der Waals surface area contributed by atoms with Gasteiger partial charge in [0.05, 0.1) is 31.6 Å². The molecular formula is C19H21NO6S. The predicted octanol–water partition coefficient (Wildman–Crippen LogP) is 2.13. The van der Waals surface area contributed by atoms with Gasteiger partial charge in [-0.05, 0) is 35.9 Å². The van der Waals surface area contributed by atoms with Crippen LogP contribution in [0, 0.1) is 0 Å². The summed E-state index contributed by atoms with van der Waals surface area (Å²) < 4.78 is 33.2. The number of rotatable bonds is 7. The van der Waals surface area contributed by atoms with Gasteiger partial charge in [-0.25, -0.2) is 8.42 Å². The van der Waals surface area contributed by atoms with Crippen LogP contribution in [0.5, 0.6) is 5.75 Å². The third kappa shape index (κ3) is 5.55. The number of carbonyl (C=O) groups excluding carboxylic acids is 2. The van der Waals surface area contributed by atoms with Crippen LogP contribution in [0.2, 0.25) is 0 Å². The minimum Gasteiger partial charge on any atom is -0.497 e. The lowest BCUT2D eigenvalue weighted by Crippen LogP contribution is -2.30. The molecule has 0 saturated heterocycles. The molecule has 0 fully saturated rings. The molecule has 1 amide bonds. The van der Waals surface area contributed by atoms with E-state index in [1.807, 2.05) is 0 Å². The number of benzene rings is 2. The fourth-order valence-corrected chi connectivity index (χ4v) is 3.11. The van der Waals surface area contributed by atoms with Crippen molar-refractivity contribution >= 4 is 21.7 Å². The summed E-state index contributed by atoms with van der Waals surface area (Å²) in [4.78, 5) is 24.4. The molecule has 27 heavy (non-hydrogen) atoms. The van der Waals surface area contributed by atoms with Crippen molar-refractivity contribution in [2.45, 2.75) is 17.4 Å². The van der Waals surface area contributed by atoms with Crippen molar-refractivity contribution in [1.29, 1.82) is 0 Å². The van der Waals surface area contributed by atoms with Gasteiger partial charge >= 0.3 is 5.97 Å². The molecule has 2 aromatic rings. The zero-order valence-corrected chi connectivity index (χ0v) is 16.1. The van der Waals surface area contributed by atoms with Crippen LogP contribution < -0.4 is 10.1 Å². The Balaban J connectivity index is 2.28. The minimum absolute atomic E-state index is 0.0455. The third-order valence-corrected chi connectivity index (χ3v) is 5.06. The van der Waals surface area contributed by atoms with E-state index in [0.29, 0.717) is 11.3 Å². The average molecular weight is 391 g/mol. The van der Waals surface area contributed by atoms with Crippen molar-refractivity contribution in [2.75, 3.05) is 20.5 Å². The second-order valence-corrected chi connectivity index (χ2v) is 7.90. The predicted molar refractivity (Wildman–Crippen MR) is 99.4 cm³/mol. The second kappa shape index (κ2) is 8.68. The fourth-order valence-electron chi connectivity index (χ4n) is 2.45. The van der Waals surface area contributed by atoms with Crippen LogP contribution in [-0.2, 0) is 19.4 Å². The summed E-state index contributed by atoms with van der Waals surface area (Å²) in [5, 5.41) is 2.76. The Kier molecular flexibility index (Phi) is 6.57. The normalized spacial score (nSPS) is 12.1. The molecule has 0 bridgehead atoms. The molecule has 0 aliphatic carbocycles. The van der Waals surface area contributed by atoms with Crippen LogP contribution in [0.15, 0.2) is 53.4 Å². The van der Waals surface area contributed by atoms with Gasteiger partial charge in [0.1, 0.15) is 5.75 Å². The van der Waals surface area contributed by atoms with Crippen molar-refractivity contribution in [2.24, 2.45) is 0 Å². The van der Waals surface area contributed by atoms with E-state index < -0.39 is 27.8 Å². The molecule has 0 aliphatic heterocycles. The quantitative estimate of drug-likeness (QED) is 0.726. The summed E-state index contributed by atoms with van der Waals surface area (Å²) in [6.45, 7) is 0. The van der Waals surface area contributed by atoms with Gasteiger partial charge in [0.25, 0.3) is 5.91 Å². The van der Waals surface area contributed by atoms with Crippen molar-refractivity contribution < 1.29 is 27.5 Å². The van der Waals surface area contributed by atoms with Crippen LogP contribution in [0.4, 0.5) is 0 Å². The lowest BCUT2D eigenvalue weighted by Gasteiger charge is -2.19. The largest absolute Gasteiger partial charge is 0.497 e. The molecular weight excluding hydrogens is 370 g/mol. The van der Waals surface area contributed by atoms with Crippen LogP contribution in [0.1, 0.15) is 28.4 Å². The van der Waals surface area contributed by atoms with E-state index in [4.69, 9.17) is 9.47 Å². The molecule has 0 heterocycles. The Morgan fingerprint density at radius 1 is 1.07 bits per heavy atom. The molecule has 2 aromatic carbocycles. The molecule has 7 nitrogen and oxygen atoms in total.